The first-order valence-electron chi connectivity index (χ1n) is 10.6. The third kappa shape index (κ3) is 2.90. The summed E-state index contributed by atoms with van der Waals surface area (Å²) in [4.78, 5) is 12.6. The minimum absolute atomic E-state index is 0.0262. The van der Waals surface area contributed by atoms with Crippen LogP contribution in [0.5, 0.6) is 0 Å². The Bertz CT molecular complexity index is 1360. The van der Waals surface area contributed by atoms with E-state index in [0.29, 0.717) is 25.3 Å². The first kappa shape index (κ1) is 15.3. The third-order valence-corrected chi connectivity index (χ3v) is 7.10. The molecule has 9 nitrogen and oxygen atoms in total. The summed E-state index contributed by atoms with van der Waals surface area (Å²) in [7, 11) is -3.93. The van der Waals surface area contributed by atoms with E-state index in [0.717, 1.165) is 0 Å². The number of sulfonamides is 1. The summed E-state index contributed by atoms with van der Waals surface area (Å²) in [5, 5.41) is 0. The Morgan fingerprint density at radius 2 is 2.10 bits per heavy atom. The van der Waals surface area contributed by atoms with E-state index in [1.165, 1.54) is 28.8 Å². The van der Waals surface area contributed by atoms with Gasteiger partial charge in [0.05, 0.1) is 28.3 Å². The average Bonchev–Trinajstić information content (AvgIpc) is 3.30. The lowest BCUT2D eigenvalue weighted by Crippen LogP contribution is -2.58. The highest BCUT2D eigenvalue weighted by Crippen LogP contribution is 2.51. The number of hydrogen-bond donors (Lipinski definition) is 2. The number of aryl methyl sites for hydroxylation is 2. The van der Waals surface area contributed by atoms with Crippen LogP contribution in [-0.4, -0.2) is 45.5 Å². The van der Waals surface area contributed by atoms with Gasteiger partial charge in [0, 0.05) is 15.9 Å². The standard InChI is InChI=1S/C19H22N6O3S/c1-11-4-5-13(29(26,27)24-19-8-18(3,9-19)28-10-19)6-14(11)15-7-25-16(20)21-12(2)22-17(25)23-15/h4-7,24H,8-10H2,1-3H3,(H2,20,21,22,23)/i1D3. The summed E-state index contributed by atoms with van der Waals surface area (Å²) in [6.07, 6.45) is 2.70. The van der Waals surface area contributed by atoms with Crippen LogP contribution < -0.4 is 10.5 Å². The molecule has 0 radical (unpaired) electrons. The van der Waals surface area contributed by atoms with Crippen LogP contribution in [0.15, 0.2) is 29.3 Å². The van der Waals surface area contributed by atoms with E-state index in [-0.39, 0.29) is 39.0 Å². The van der Waals surface area contributed by atoms with E-state index in [1.807, 2.05) is 6.92 Å². The molecule has 152 valence electrons. The summed E-state index contributed by atoms with van der Waals surface area (Å²) in [5.41, 5.74) is 5.40. The van der Waals surface area contributed by atoms with Crippen LogP contribution in [0.1, 0.15) is 35.3 Å². The van der Waals surface area contributed by atoms with Gasteiger partial charge in [-0.1, -0.05) is 6.07 Å². The first-order valence-corrected chi connectivity index (χ1v) is 10.6. The fourth-order valence-corrected chi connectivity index (χ4v) is 5.79. The van der Waals surface area contributed by atoms with Gasteiger partial charge < -0.3 is 10.5 Å². The van der Waals surface area contributed by atoms with Crippen LogP contribution in [0, 0.1) is 13.8 Å². The van der Waals surface area contributed by atoms with E-state index in [1.54, 1.807) is 6.92 Å². The molecule has 29 heavy (non-hydrogen) atoms. The summed E-state index contributed by atoms with van der Waals surface area (Å²) < 4.78 is 59.9. The zero-order valence-electron chi connectivity index (χ0n) is 18.9. The van der Waals surface area contributed by atoms with Crippen molar-refractivity contribution in [3.8, 4) is 11.3 Å². The number of aromatic nitrogens is 4. The maximum Gasteiger partial charge on any atom is 0.241 e. The molecule has 2 aromatic heterocycles. The van der Waals surface area contributed by atoms with E-state index in [4.69, 9.17) is 14.6 Å². The highest BCUT2D eigenvalue weighted by molar-refractivity contribution is 7.89. The lowest BCUT2D eigenvalue weighted by Gasteiger charge is -2.42. The van der Waals surface area contributed by atoms with Crippen LogP contribution in [0.4, 0.5) is 5.95 Å². The van der Waals surface area contributed by atoms with Crippen LogP contribution in [-0.2, 0) is 14.8 Å². The number of fused-ring (bicyclic) bond motifs is 2. The zero-order chi connectivity index (χ0) is 23.1. The molecule has 0 unspecified atom stereocenters. The zero-order valence-corrected chi connectivity index (χ0v) is 16.7. The van der Waals surface area contributed by atoms with Gasteiger partial charge in [0.1, 0.15) is 5.82 Å². The molecule has 0 spiro atoms. The van der Waals surface area contributed by atoms with E-state index in [2.05, 4.69) is 19.7 Å². The van der Waals surface area contributed by atoms with Gasteiger partial charge in [0.15, 0.2) is 0 Å². The molecule has 3 aliphatic rings. The molecule has 4 heterocycles. The molecule has 2 saturated heterocycles. The van der Waals surface area contributed by atoms with Crippen molar-refractivity contribution in [1.29, 1.82) is 0 Å². The van der Waals surface area contributed by atoms with Gasteiger partial charge in [-0.3, -0.25) is 4.40 Å². The number of nitrogen functional groups attached to an aromatic ring is 1. The SMILES string of the molecule is [2H]C([2H])([2H])c1ccc(S(=O)(=O)NC23COC(C)(C2)C3)cc1-c1cn2c(N)nc(C)nc2n1. The molecule has 1 saturated carbocycles. The summed E-state index contributed by atoms with van der Waals surface area (Å²) in [5.74, 6) is 0.790. The number of benzene rings is 1. The number of anilines is 1. The molecule has 3 fully saturated rings. The Morgan fingerprint density at radius 3 is 2.79 bits per heavy atom. The summed E-state index contributed by atoms with van der Waals surface area (Å²) in [6.45, 7) is 1.44. The predicted octanol–water partition coefficient (Wildman–Crippen LogP) is 1.59. The minimum atomic E-state index is -3.93. The van der Waals surface area contributed by atoms with Crippen LogP contribution in [0.3, 0.4) is 0 Å². The normalized spacial score (nSPS) is 28.0. The smallest absolute Gasteiger partial charge is 0.241 e. The second kappa shape index (κ2) is 5.74. The Hall–Kier alpha value is -2.56. The minimum Gasteiger partial charge on any atom is -0.373 e. The van der Waals surface area contributed by atoms with Gasteiger partial charge in [-0.2, -0.15) is 9.97 Å². The molecule has 3 aromatic rings. The Morgan fingerprint density at radius 1 is 1.31 bits per heavy atom. The predicted molar refractivity (Wildman–Crippen MR) is 107 cm³/mol. The number of nitrogens with one attached hydrogen (secondary N) is 1. The maximum atomic E-state index is 13.2. The quantitative estimate of drug-likeness (QED) is 0.660. The molecule has 6 rings (SSSR count). The van der Waals surface area contributed by atoms with E-state index < -0.39 is 22.4 Å². The van der Waals surface area contributed by atoms with Crippen molar-refractivity contribution in [1.82, 2.24) is 24.1 Å². The highest BCUT2D eigenvalue weighted by atomic mass is 32.2. The molecule has 3 N–H and O–H groups in total. The molecule has 10 heteroatoms. The van der Waals surface area contributed by atoms with Crippen LogP contribution in [0.2, 0.25) is 0 Å². The number of imidazole rings is 1. The summed E-state index contributed by atoms with van der Waals surface area (Å²) >= 11 is 0. The van der Waals surface area contributed by atoms with Gasteiger partial charge in [0.2, 0.25) is 21.7 Å². The molecule has 1 aliphatic carbocycles. The molecule has 0 atom stereocenters. The second-order valence-corrected chi connectivity index (χ2v) is 9.79. The Kier molecular flexibility index (Phi) is 3.03. The number of rotatable bonds is 4. The first-order chi connectivity index (χ1) is 14.8. The average molecular weight is 418 g/mol. The molecule has 1 aromatic carbocycles. The summed E-state index contributed by atoms with van der Waals surface area (Å²) in [6, 6.07) is 3.92. The van der Waals surface area contributed by atoms with Crippen molar-refractivity contribution in [2.24, 2.45) is 0 Å². The topological polar surface area (TPSA) is 124 Å². The monoisotopic (exact) mass is 417 g/mol. The molecule has 2 bridgehead atoms. The van der Waals surface area contributed by atoms with Gasteiger partial charge in [-0.25, -0.2) is 18.1 Å². The van der Waals surface area contributed by atoms with Gasteiger partial charge in [-0.15, -0.1) is 0 Å². The number of hydrogen-bond acceptors (Lipinski definition) is 7. The Balaban J connectivity index is 1.60. The van der Waals surface area contributed by atoms with Gasteiger partial charge >= 0.3 is 0 Å². The van der Waals surface area contributed by atoms with E-state index >= 15 is 0 Å². The van der Waals surface area contributed by atoms with Crippen molar-refractivity contribution in [2.45, 2.75) is 49.6 Å². The lowest BCUT2D eigenvalue weighted by atomic mass is 9.70. The fraction of sp³-hybridized carbons (Fsp3) is 0.421. The number of nitrogens with two attached hydrogens (primary N) is 1. The number of nitrogens with zero attached hydrogens (tertiary/aromatic N) is 4. The van der Waals surface area contributed by atoms with Gasteiger partial charge in [-0.05, 0) is 51.2 Å². The van der Waals surface area contributed by atoms with Crippen LogP contribution >= 0.6 is 0 Å². The van der Waals surface area contributed by atoms with Crippen LogP contribution in [0.25, 0.3) is 17.0 Å². The third-order valence-electron chi connectivity index (χ3n) is 5.52. The van der Waals surface area contributed by atoms with Crippen molar-refractivity contribution in [3.63, 3.8) is 0 Å². The second-order valence-electron chi connectivity index (χ2n) is 8.11. The highest BCUT2D eigenvalue weighted by Gasteiger charge is 2.61. The molecule has 0 amide bonds. The fourth-order valence-electron chi connectivity index (χ4n) is 4.38. The molecular weight excluding hydrogens is 392 g/mol. The van der Waals surface area contributed by atoms with Crippen molar-refractivity contribution >= 4 is 21.7 Å². The molecule has 2 aliphatic heterocycles. The van der Waals surface area contributed by atoms with Crippen molar-refractivity contribution in [3.05, 3.63) is 35.8 Å². The molecular formula is C19H22N6O3S. The largest absolute Gasteiger partial charge is 0.373 e. The van der Waals surface area contributed by atoms with Gasteiger partial charge in [0.25, 0.3) is 0 Å². The van der Waals surface area contributed by atoms with Crippen molar-refractivity contribution in [2.75, 3.05) is 12.3 Å². The lowest BCUT2D eigenvalue weighted by molar-refractivity contribution is 0.0151. The maximum absolute atomic E-state index is 13.2. The van der Waals surface area contributed by atoms with Crippen molar-refractivity contribution < 1.29 is 17.3 Å². The van der Waals surface area contributed by atoms with E-state index in [9.17, 15) is 8.42 Å². The number of ether oxygens (including phenoxy) is 1. The Labute approximate surface area is 172 Å².